The fourth-order valence-electron chi connectivity index (χ4n) is 2.31. The van der Waals surface area contributed by atoms with E-state index in [0.717, 1.165) is 16.5 Å². The van der Waals surface area contributed by atoms with Crippen molar-refractivity contribution in [2.45, 2.75) is 6.42 Å². The summed E-state index contributed by atoms with van der Waals surface area (Å²) < 4.78 is 5.33. The topological polar surface area (TPSA) is 73.9 Å². The van der Waals surface area contributed by atoms with Crippen LogP contribution < -0.4 is 10.5 Å². The minimum Gasteiger partial charge on any atom is -0.495 e. The first-order valence-electron chi connectivity index (χ1n) is 6.47. The van der Waals surface area contributed by atoms with E-state index in [9.17, 15) is 0 Å². The van der Waals surface area contributed by atoms with E-state index >= 15 is 0 Å². The van der Waals surface area contributed by atoms with Gasteiger partial charge in [-0.2, -0.15) is 0 Å². The molecule has 0 amide bonds. The van der Waals surface area contributed by atoms with Gasteiger partial charge in [-0.15, -0.1) is 0 Å². The standard InChI is InChI=1S/C15H12Cl2N4O/c1-22-11-6-8(5-9-7-20-15(17)21-14(9)16)10-3-2-4-19-13(10)12(11)18/h2-4,6-7H,5,18H2,1H3. The fraction of sp³-hybridized carbons (Fsp3) is 0.133. The van der Waals surface area contributed by atoms with Crippen molar-refractivity contribution in [2.24, 2.45) is 0 Å². The predicted octanol–water partition coefficient (Wildman–Crippen LogP) is 3.51. The number of hydrogen-bond donors (Lipinski definition) is 1. The van der Waals surface area contributed by atoms with E-state index in [1.54, 1.807) is 19.5 Å². The van der Waals surface area contributed by atoms with Crippen LogP contribution >= 0.6 is 23.2 Å². The van der Waals surface area contributed by atoms with Crippen molar-refractivity contribution in [3.63, 3.8) is 0 Å². The molecule has 0 spiro atoms. The maximum atomic E-state index is 6.13. The Bertz CT molecular complexity index is 854. The Labute approximate surface area is 137 Å². The molecule has 3 rings (SSSR count). The van der Waals surface area contributed by atoms with Gasteiger partial charge >= 0.3 is 0 Å². The third-order valence-electron chi connectivity index (χ3n) is 3.36. The van der Waals surface area contributed by atoms with Gasteiger partial charge in [0.15, 0.2) is 0 Å². The summed E-state index contributed by atoms with van der Waals surface area (Å²) in [7, 11) is 1.57. The molecule has 0 aliphatic heterocycles. The number of nitrogen functional groups attached to an aromatic ring is 1. The summed E-state index contributed by atoms with van der Waals surface area (Å²) in [6, 6.07) is 5.69. The summed E-state index contributed by atoms with van der Waals surface area (Å²) >= 11 is 11.9. The third-order valence-corrected chi connectivity index (χ3v) is 3.87. The van der Waals surface area contributed by atoms with Crippen LogP contribution in [-0.4, -0.2) is 22.1 Å². The predicted molar refractivity (Wildman–Crippen MR) is 87.6 cm³/mol. The lowest BCUT2D eigenvalue weighted by molar-refractivity contribution is 0.417. The maximum Gasteiger partial charge on any atom is 0.223 e. The highest BCUT2D eigenvalue weighted by molar-refractivity contribution is 6.32. The van der Waals surface area contributed by atoms with Crippen molar-refractivity contribution in [1.29, 1.82) is 0 Å². The first-order valence-corrected chi connectivity index (χ1v) is 7.22. The molecule has 0 unspecified atom stereocenters. The van der Waals surface area contributed by atoms with Gasteiger partial charge in [0.2, 0.25) is 5.28 Å². The average Bonchev–Trinajstić information content (AvgIpc) is 2.52. The monoisotopic (exact) mass is 334 g/mol. The van der Waals surface area contributed by atoms with Crippen LogP contribution in [0.15, 0.2) is 30.6 Å². The number of ether oxygens (including phenoxy) is 1. The van der Waals surface area contributed by atoms with Gasteiger partial charge in [0, 0.05) is 29.8 Å². The van der Waals surface area contributed by atoms with Crippen LogP contribution in [0.25, 0.3) is 10.9 Å². The molecule has 0 aliphatic carbocycles. The van der Waals surface area contributed by atoms with Gasteiger partial charge in [0.1, 0.15) is 16.6 Å². The van der Waals surface area contributed by atoms with Crippen LogP contribution in [0.3, 0.4) is 0 Å². The van der Waals surface area contributed by atoms with Crippen LogP contribution in [-0.2, 0) is 6.42 Å². The van der Waals surface area contributed by atoms with E-state index in [1.165, 1.54) is 0 Å². The number of nitrogens with two attached hydrogens (primary N) is 1. The Balaban J connectivity index is 2.16. The van der Waals surface area contributed by atoms with Crippen molar-refractivity contribution in [3.8, 4) is 5.75 Å². The van der Waals surface area contributed by atoms with Crippen molar-refractivity contribution < 1.29 is 4.74 Å². The van der Waals surface area contributed by atoms with Crippen molar-refractivity contribution in [3.05, 3.63) is 52.2 Å². The van der Waals surface area contributed by atoms with Crippen molar-refractivity contribution in [1.82, 2.24) is 15.0 Å². The fourth-order valence-corrected chi connectivity index (χ4v) is 2.69. The van der Waals surface area contributed by atoms with E-state index in [0.29, 0.717) is 28.5 Å². The second-order valence-corrected chi connectivity index (χ2v) is 5.38. The van der Waals surface area contributed by atoms with E-state index in [4.69, 9.17) is 33.7 Å². The number of aromatic nitrogens is 3. The molecule has 1 aromatic carbocycles. The van der Waals surface area contributed by atoms with Crippen molar-refractivity contribution >= 4 is 39.8 Å². The summed E-state index contributed by atoms with van der Waals surface area (Å²) in [5, 5.41) is 1.38. The van der Waals surface area contributed by atoms with Crippen molar-refractivity contribution in [2.75, 3.05) is 12.8 Å². The zero-order chi connectivity index (χ0) is 15.7. The largest absolute Gasteiger partial charge is 0.495 e. The molecule has 2 aromatic heterocycles. The number of hydrogen-bond acceptors (Lipinski definition) is 5. The van der Waals surface area contributed by atoms with Crippen LogP contribution in [0.2, 0.25) is 10.4 Å². The highest BCUT2D eigenvalue weighted by Crippen LogP contribution is 2.33. The number of nitrogens with zero attached hydrogens (tertiary/aromatic N) is 3. The Morgan fingerprint density at radius 1 is 1.23 bits per heavy atom. The van der Waals surface area contributed by atoms with Gasteiger partial charge < -0.3 is 10.5 Å². The number of rotatable bonds is 3. The van der Waals surface area contributed by atoms with Gasteiger partial charge in [0.05, 0.1) is 12.6 Å². The lowest BCUT2D eigenvalue weighted by Crippen LogP contribution is -2.00. The van der Waals surface area contributed by atoms with Gasteiger partial charge in [-0.25, -0.2) is 9.97 Å². The minimum atomic E-state index is 0.121. The van der Waals surface area contributed by atoms with Gasteiger partial charge in [-0.1, -0.05) is 17.7 Å². The Kier molecular flexibility index (Phi) is 4.00. The molecule has 0 radical (unpaired) electrons. The normalized spacial score (nSPS) is 10.9. The van der Waals surface area contributed by atoms with E-state index in [2.05, 4.69) is 15.0 Å². The number of pyridine rings is 1. The van der Waals surface area contributed by atoms with Gasteiger partial charge in [0.25, 0.3) is 0 Å². The summed E-state index contributed by atoms with van der Waals surface area (Å²) in [5.41, 5.74) is 9.04. The van der Waals surface area contributed by atoms with Crippen LogP contribution in [0.4, 0.5) is 5.69 Å². The first-order chi connectivity index (χ1) is 10.6. The summed E-state index contributed by atoms with van der Waals surface area (Å²) in [6.07, 6.45) is 3.83. The first kappa shape index (κ1) is 14.8. The lowest BCUT2D eigenvalue weighted by atomic mass is 10.0. The lowest BCUT2D eigenvalue weighted by Gasteiger charge is -2.12. The number of benzene rings is 1. The molecule has 5 nitrogen and oxygen atoms in total. The molecule has 0 atom stereocenters. The maximum absolute atomic E-state index is 6.13. The second kappa shape index (κ2) is 5.94. The number of methoxy groups -OCH3 is 1. The van der Waals surface area contributed by atoms with Crippen LogP contribution in [0.1, 0.15) is 11.1 Å². The van der Waals surface area contributed by atoms with E-state index < -0.39 is 0 Å². The van der Waals surface area contributed by atoms with E-state index in [1.807, 2.05) is 18.2 Å². The zero-order valence-electron chi connectivity index (χ0n) is 11.7. The molecular formula is C15H12Cl2N4O. The molecule has 7 heteroatoms. The zero-order valence-corrected chi connectivity index (χ0v) is 13.2. The van der Waals surface area contributed by atoms with Gasteiger partial charge in [-0.05, 0) is 29.3 Å². The highest BCUT2D eigenvalue weighted by Gasteiger charge is 2.13. The Morgan fingerprint density at radius 3 is 2.77 bits per heavy atom. The molecule has 2 heterocycles. The Hall–Kier alpha value is -2.11. The molecule has 112 valence electrons. The van der Waals surface area contributed by atoms with Crippen LogP contribution in [0, 0.1) is 0 Å². The minimum absolute atomic E-state index is 0.121. The average molecular weight is 335 g/mol. The smallest absolute Gasteiger partial charge is 0.223 e. The molecule has 22 heavy (non-hydrogen) atoms. The highest BCUT2D eigenvalue weighted by atomic mass is 35.5. The molecular weight excluding hydrogens is 323 g/mol. The SMILES string of the molecule is COc1cc(Cc2cnc(Cl)nc2Cl)c2cccnc2c1N. The molecule has 2 N–H and O–H groups in total. The number of anilines is 1. The molecule has 0 fully saturated rings. The Morgan fingerprint density at radius 2 is 2.05 bits per heavy atom. The van der Waals surface area contributed by atoms with Crippen LogP contribution in [0.5, 0.6) is 5.75 Å². The molecule has 0 saturated heterocycles. The summed E-state index contributed by atoms with van der Waals surface area (Å²) in [4.78, 5) is 12.3. The summed E-state index contributed by atoms with van der Waals surface area (Å²) in [5.74, 6) is 0.576. The quantitative estimate of drug-likeness (QED) is 0.450. The molecule has 0 bridgehead atoms. The summed E-state index contributed by atoms with van der Waals surface area (Å²) in [6.45, 7) is 0. The van der Waals surface area contributed by atoms with Gasteiger partial charge in [-0.3, -0.25) is 4.98 Å². The molecule has 0 saturated carbocycles. The molecule has 0 aliphatic rings. The third kappa shape index (κ3) is 2.65. The second-order valence-electron chi connectivity index (χ2n) is 4.68. The molecule has 3 aromatic rings. The number of halogens is 2. The van der Waals surface area contributed by atoms with E-state index in [-0.39, 0.29) is 5.28 Å². The number of fused-ring (bicyclic) bond motifs is 1.